The molecular weight excluding hydrogens is 472 g/mol. The third kappa shape index (κ3) is 7.21. The fourth-order valence-corrected chi connectivity index (χ4v) is 5.49. The Balaban J connectivity index is 1.39. The van der Waals surface area contributed by atoms with E-state index in [1.165, 1.54) is 19.3 Å². The zero-order valence-corrected chi connectivity index (χ0v) is 22.5. The summed E-state index contributed by atoms with van der Waals surface area (Å²) in [5, 5.41) is 9.42. The quantitative estimate of drug-likeness (QED) is 0.511. The molecule has 4 rings (SSSR count). The van der Waals surface area contributed by atoms with E-state index in [2.05, 4.69) is 34.3 Å². The molecule has 7 heteroatoms. The molecule has 0 bridgehead atoms. The predicted molar refractivity (Wildman–Crippen MR) is 148 cm³/mol. The Kier molecular flexibility index (Phi) is 9.63. The molecule has 0 aromatic heterocycles. The second-order valence-electron chi connectivity index (χ2n) is 10.6. The van der Waals surface area contributed by atoms with Crippen molar-refractivity contribution in [2.24, 2.45) is 5.92 Å². The number of hydrogen-bond acceptors (Lipinski definition) is 4. The minimum absolute atomic E-state index is 0.0606. The third-order valence-corrected chi connectivity index (χ3v) is 8.01. The van der Waals surface area contributed by atoms with Gasteiger partial charge >= 0.3 is 0 Å². The number of nitrogens with one attached hydrogen (secondary N) is 2. The van der Waals surface area contributed by atoms with E-state index in [9.17, 15) is 9.59 Å². The van der Waals surface area contributed by atoms with Gasteiger partial charge in [-0.2, -0.15) is 0 Å². The molecule has 0 spiro atoms. The van der Waals surface area contributed by atoms with Crippen molar-refractivity contribution in [3.63, 3.8) is 0 Å². The van der Waals surface area contributed by atoms with Crippen LogP contribution < -0.4 is 10.6 Å². The van der Waals surface area contributed by atoms with Gasteiger partial charge in [-0.05, 0) is 79.7 Å². The summed E-state index contributed by atoms with van der Waals surface area (Å²) in [6, 6.07) is 11.2. The fourth-order valence-electron chi connectivity index (χ4n) is 5.31. The van der Waals surface area contributed by atoms with E-state index in [0.717, 1.165) is 62.8 Å². The van der Waals surface area contributed by atoms with E-state index >= 15 is 0 Å². The fraction of sp³-hybridized carbons (Fsp3) is 0.586. The molecule has 36 heavy (non-hydrogen) atoms. The van der Waals surface area contributed by atoms with Crippen LogP contribution in [0.3, 0.4) is 0 Å². The number of piperidine rings is 1. The van der Waals surface area contributed by atoms with Crippen LogP contribution >= 0.6 is 11.6 Å². The lowest BCUT2D eigenvalue weighted by atomic mass is 10.1. The van der Waals surface area contributed by atoms with Gasteiger partial charge in [0.25, 0.3) is 5.91 Å². The van der Waals surface area contributed by atoms with E-state index < -0.39 is 0 Å². The first-order chi connectivity index (χ1) is 17.4. The maximum atomic E-state index is 13.5. The molecule has 2 aromatic carbocycles. The smallest absolute Gasteiger partial charge is 0.251 e. The maximum Gasteiger partial charge on any atom is 0.251 e. The molecule has 196 valence electrons. The number of amides is 2. The molecule has 3 atom stereocenters. The lowest BCUT2D eigenvalue weighted by Gasteiger charge is -2.30. The molecule has 0 radical (unpaired) electrons. The number of carbonyl (C=O) groups excluding carboxylic acids is 2. The first-order valence-corrected chi connectivity index (χ1v) is 14.1. The van der Waals surface area contributed by atoms with Crippen molar-refractivity contribution >= 4 is 34.2 Å². The number of likely N-dealkylation sites (tertiary alicyclic amines) is 1. The van der Waals surface area contributed by atoms with E-state index in [4.69, 9.17) is 11.6 Å². The van der Waals surface area contributed by atoms with Crippen molar-refractivity contribution in [2.45, 2.75) is 64.5 Å². The zero-order chi connectivity index (χ0) is 25.5. The second kappa shape index (κ2) is 12.9. The molecule has 2 saturated heterocycles. The second-order valence-corrected chi connectivity index (χ2v) is 11.0. The van der Waals surface area contributed by atoms with Gasteiger partial charge < -0.3 is 20.4 Å². The molecule has 0 saturated carbocycles. The van der Waals surface area contributed by atoms with Gasteiger partial charge in [0, 0.05) is 42.8 Å². The highest BCUT2D eigenvalue weighted by Gasteiger charge is 2.31. The lowest BCUT2D eigenvalue weighted by molar-refractivity contribution is -0.133. The summed E-state index contributed by atoms with van der Waals surface area (Å²) in [6.07, 6.45) is 6.53. The van der Waals surface area contributed by atoms with Crippen molar-refractivity contribution in [3.05, 3.63) is 47.0 Å². The number of nitrogens with zero attached hydrogens (tertiary/aromatic N) is 2. The van der Waals surface area contributed by atoms with Crippen LogP contribution in [0.25, 0.3) is 10.8 Å². The Morgan fingerprint density at radius 3 is 2.64 bits per heavy atom. The van der Waals surface area contributed by atoms with Crippen molar-refractivity contribution in [2.75, 3.05) is 39.3 Å². The summed E-state index contributed by atoms with van der Waals surface area (Å²) in [5.41, 5.74) is 0.634. The highest BCUT2D eigenvalue weighted by Crippen LogP contribution is 2.21. The topological polar surface area (TPSA) is 64.7 Å². The van der Waals surface area contributed by atoms with E-state index in [1.54, 1.807) is 0 Å². The molecule has 2 N–H and O–H groups in total. The standard InChI is InChI=1S/C29H41ClN4O2/c1-3-21(2)20-34-16-11-26(32-27(29(34)36)12-15-33-13-5-4-6-14-33)19-31-28(35)24-8-7-23-18-25(30)10-9-22(23)17-24/h7-10,17-18,21,26-27,32H,3-6,11-16,19-20H2,1-2H3,(H,31,35)/t21-,26-,27-/m0/s1. The molecular formula is C29H41ClN4O2. The predicted octanol–water partition coefficient (Wildman–Crippen LogP) is 4.70. The molecule has 0 unspecified atom stereocenters. The maximum absolute atomic E-state index is 13.5. The van der Waals surface area contributed by atoms with Gasteiger partial charge in [0.05, 0.1) is 6.04 Å². The van der Waals surface area contributed by atoms with Gasteiger partial charge in [-0.1, -0.05) is 50.4 Å². The normalized spacial score (nSPS) is 22.4. The zero-order valence-electron chi connectivity index (χ0n) is 21.8. The largest absolute Gasteiger partial charge is 0.350 e. The molecule has 6 nitrogen and oxygen atoms in total. The highest BCUT2D eigenvalue weighted by molar-refractivity contribution is 6.31. The Morgan fingerprint density at radius 1 is 1.11 bits per heavy atom. The van der Waals surface area contributed by atoms with Crippen molar-refractivity contribution in [1.82, 2.24) is 20.4 Å². The molecule has 2 amide bonds. The van der Waals surface area contributed by atoms with Crippen LogP contribution in [0.1, 0.15) is 62.7 Å². The monoisotopic (exact) mass is 512 g/mol. The van der Waals surface area contributed by atoms with Crippen LogP contribution in [0.15, 0.2) is 36.4 Å². The van der Waals surface area contributed by atoms with Crippen molar-refractivity contribution in [1.29, 1.82) is 0 Å². The number of benzene rings is 2. The summed E-state index contributed by atoms with van der Waals surface area (Å²) < 4.78 is 0. The molecule has 2 aliphatic heterocycles. The van der Waals surface area contributed by atoms with Crippen LogP contribution in [-0.4, -0.2) is 73.0 Å². The Labute approximate surface area is 220 Å². The number of fused-ring (bicyclic) bond motifs is 1. The highest BCUT2D eigenvalue weighted by atomic mass is 35.5. The number of hydrogen-bond donors (Lipinski definition) is 2. The van der Waals surface area contributed by atoms with Crippen molar-refractivity contribution < 1.29 is 9.59 Å². The molecule has 0 aliphatic carbocycles. The number of halogens is 1. The van der Waals surface area contributed by atoms with Crippen LogP contribution in [-0.2, 0) is 4.79 Å². The molecule has 2 aromatic rings. The average molecular weight is 513 g/mol. The van der Waals surface area contributed by atoms with Crippen LogP contribution in [0.4, 0.5) is 0 Å². The van der Waals surface area contributed by atoms with Gasteiger partial charge in [0.15, 0.2) is 0 Å². The lowest BCUT2D eigenvalue weighted by Crippen LogP contribution is -2.50. The summed E-state index contributed by atoms with van der Waals surface area (Å²) >= 11 is 6.09. The Hall–Kier alpha value is -2.15. The molecule has 2 heterocycles. The van der Waals surface area contributed by atoms with Gasteiger partial charge in [0.2, 0.25) is 5.91 Å². The van der Waals surface area contributed by atoms with E-state index in [1.807, 2.05) is 36.4 Å². The first-order valence-electron chi connectivity index (χ1n) is 13.7. The van der Waals surface area contributed by atoms with E-state index in [-0.39, 0.29) is 23.9 Å². The Morgan fingerprint density at radius 2 is 1.86 bits per heavy atom. The summed E-state index contributed by atoms with van der Waals surface area (Å²) in [7, 11) is 0. The molecule has 2 fully saturated rings. The molecule has 2 aliphatic rings. The third-order valence-electron chi connectivity index (χ3n) is 7.78. The number of carbonyl (C=O) groups is 2. The Bertz CT molecular complexity index is 1040. The summed E-state index contributed by atoms with van der Waals surface area (Å²) in [5.74, 6) is 0.607. The average Bonchev–Trinajstić information content (AvgIpc) is 3.04. The number of rotatable bonds is 9. The summed E-state index contributed by atoms with van der Waals surface area (Å²) in [6.45, 7) is 9.64. The SMILES string of the molecule is CC[C@H](C)CN1CC[C@@H](CNC(=O)c2ccc3cc(Cl)ccc3c2)N[C@@H](CCN2CCCCC2)C1=O. The van der Waals surface area contributed by atoms with Gasteiger partial charge in [-0.3, -0.25) is 9.59 Å². The van der Waals surface area contributed by atoms with Gasteiger partial charge in [-0.15, -0.1) is 0 Å². The van der Waals surface area contributed by atoms with Gasteiger partial charge in [-0.25, -0.2) is 0 Å². The minimum Gasteiger partial charge on any atom is -0.350 e. The van der Waals surface area contributed by atoms with Gasteiger partial charge in [0.1, 0.15) is 0 Å². The van der Waals surface area contributed by atoms with Crippen LogP contribution in [0.5, 0.6) is 0 Å². The van der Waals surface area contributed by atoms with Crippen LogP contribution in [0.2, 0.25) is 5.02 Å². The van der Waals surface area contributed by atoms with Crippen molar-refractivity contribution in [3.8, 4) is 0 Å². The van der Waals surface area contributed by atoms with Crippen LogP contribution in [0, 0.1) is 5.92 Å². The minimum atomic E-state index is -0.203. The first kappa shape index (κ1) is 26.9. The van der Waals surface area contributed by atoms with E-state index in [0.29, 0.717) is 23.0 Å². The summed E-state index contributed by atoms with van der Waals surface area (Å²) in [4.78, 5) is 31.0.